The minimum atomic E-state index is -0.568. The van der Waals surface area contributed by atoms with E-state index in [-0.39, 0.29) is 11.3 Å². The lowest BCUT2D eigenvalue weighted by atomic mass is 10.2. The Bertz CT molecular complexity index is 656. The Labute approximate surface area is 109 Å². The second-order valence-corrected chi connectivity index (χ2v) is 3.91. The molecule has 0 aliphatic heterocycles. The zero-order chi connectivity index (χ0) is 13.8. The van der Waals surface area contributed by atoms with Crippen LogP contribution in [0.25, 0.3) is 0 Å². The molecule has 1 N–H and O–H groups in total. The summed E-state index contributed by atoms with van der Waals surface area (Å²) in [5.41, 5.74) is 0.491. The van der Waals surface area contributed by atoms with E-state index in [0.717, 1.165) is 5.82 Å². The highest BCUT2D eigenvalue weighted by Crippen LogP contribution is 2.22. The van der Waals surface area contributed by atoms with E-state index in [4.69, 9.17) is 5.26 Å². The third-order valence-electron chi connectivity index (χ3n) is 2.69. The topological polar surface area (TPSA) is 96.8 Å². The highest BCUT2D eigenvalue weighted by Gasteiger charge is 2.13. The van der Waals surface area contributed by atoms with Crippen molar-refractivity contribution >= 4 is 11.4 Å². The average Bonchev–Trinajstić information content (AvgIpc) is 2.81. The van der Waals surface area contributed by atoms with Crippen molar-refractivity contribution in [1.29, 1.82) is 5.26 Å². The fourth-order valence-electron chi connectivity index (χ4n) is 1.64. The molecule has 1 aromatic carbocycles. The second kappa shape index (κ2) is 5.18. The van der Waals surface area contributed by atoms with Gasteiger partial charge in [-0.1, -0.05) is 0 Å². The van der Waals surface area contributed by atoms with Gasteiger partial charge in [0.25, 0.3) is 5.69 Å². The average molecular weight is 257 g/mol. The van der Waals surface area contributed by atoms with Crippen molar-refractivity contribution in [2.24, 2.45) is 7.05 Å². The fraction of sp³-hybridized carbons (Fsp3) is 0.167. The van der Waals surface area contributed by atoms with Gasteiger partial charge in [-0.15, -0.1) is 0 Å². The lowest BCUT2D eigenvalue weighted by Crippen LogP contribution is -2.06. The van der Waals surface area contributed by atoms with Gasteiger partial charge in [-0.05, 0) is 12.1 Å². The maximum Gasteiger partial charge on any atom is 0.287 e. The number of nitrogens with one attached hydrogen (secondary N) is 1. The van der Waals surface area contributed by atoms with E-state index >= 15 is 0 Å². The van der Waals surface area contributed by atoms with Gasteiger partial charge in [0, 0.05) is 31.2 Å². The fourth-order valence-corrected chi connectivity index (χ4v) is 1.64. The number of nitro benzene ring substituents is 1. The maximum atomic E-state index is 10.7. The molecule has 0 aliphatic rings. The smallest absolute Gasteiger partial charge is 0.287 e. The molecule has 7 nitrogen and oxygen atoms in total. The summed E-state index contributed by atoms with van der Waals surface area (Å²) in [7, 11) is 1.88. The number of imidazole rings is 1. The van der Waals surface area contributed by atoms with Crippen LogP contribution in [-0.2, 0) is 13.6 Å². The monoisotopic (exact) mass is 257 g/mol. The Morgan fingerprint density at radius 2 is 2.37 bits per heavy atom. The van der Waals surface area contributed by atoms with Crippen LogP contribution in [0.15, 0.2) is 30.6 Å². The minimum Gasteiger partial charge on any atom is -0.378 e. The number of anilines is 1. The van der Waals surface area contributed by atoms with E-state index in [9.17, 15) is 10.1 Å². The van der Waals surface area contributed by atoms with E-state index in [2.05, 4.69) is 10.3 Å². The molecule has 2 rings (SSSR count). The third-order valence-corrected chi connectivity index (χ3v) is 2.69. The Morgan fingerprint density at radius 3 is 2.95 bits per heavy atom. The first-order valence-corrected chi connectivity index (χ1v) is 5.50. The highest BCUT2D eigenvalue weighted by molar-refractivity contribution is 5.58. The van der Waals surface area contributed by atoms with Gasteiger partial charge < -0.3 is 9.88 Å². The van der Waals surface area contributed by atoms with Gasteiger partial charge in [0.1, 0.15) is 17.5 Å². The molecule has 0 fully saturated rings. The number of nitriles is 1. The first-order chi connectivity index (χ1) is 9.11. The first-order valence-electron chi connectivity index (χ1n) is 5.50. The van der Waals surface area contributed by atoms with Gasteiger partial charge in [0.15, 0.2) is 0 Å². The molecule has 0 saturated heterocycles. The predicted octanol–water partition coefficient (Wildman–Crippen LogP) is 1.81. The van der Waals surface area contributed by atoms with Crippen molar-refractivity contribution in [2.45, 2.75) is 6.54 Å². The van der Waals surface area contributed by atoms with Crippen molar-refractivity contribution in [1.82, 2.24) is 9.55 Å². The Kier molecular flexibility index (Phi) is 3.43. The van der Waals surface area contributed by atoms with Crippen LogP contribution in [0.1, 0.15) is 11.4 Å². The number of hydrogen-bond acceptors (Lipinski definition) is 5. The number of aryl methyl sites for hydroxylation is 1. The summed E-state index contributed by atoms with van der Waals surface area (Å²) >= 11 is 0. The van der Waals surface area contributed by atoms with Crippen LogP contribution in [0.2, 0.25) is 0 Å². The molecule has 0 bridgehead atoms. The summed E-state index contributed by atoms with van der Waals surface area (Å²) in [6, 6.07) is 6.17. The molecule has 0 amide bonds. The first kappa shape index (κ1) is 12.6. The summed E-state index contributed by atoms with van der Waals surface area (Å²) in [5, 5.41) is 22.7. The quantitative estimate of drug-likeness (QED) is 0.665. The molecule has 0 aliphatic carbocycles. The van der Waals surface area contributed by atoms with E-state index in [1.807, 2.05) is 23.9 Å². The summed E-state index contributed by atoms with van der Waals surface area (Å²) in [6.45, 7) is 0.478. The van der Waals surface area contributed by atoms with E-state index in [1.54, 1.807) is 12.3 Å². The second-order valence-electron chi connectivity index (χ2n) is 3.91. The molecule has 0 unspecified atom stereocenters. The summed E-state index contributed by atoms with van der Waals surface area (Å²) < 4.78 is 1.86. The largest absolute Gasteiger partial charge is 0.378 e. The lowest BCUT2D eigenvalue weighted by Gasteiger charge is -2.06. The summed E-state index contributed by atoms with van der Waals surface area (Å²) in [6.07, 6.45) is 3.51. The van der Waals surface area contributed by atoms with E-state index in [0.29, 0.717) is 12.2 Å². The number of aromatic nitrogens is 2. The van der Waals surface area contributed by atoms with Crippen LogP contribution >= 0.6 is 0 Å². The Morgan fingerprint density at radius 1 is 1.58 bits per heavy atom. The van der Waals surface area contributed by atoms with Crippen molar-refractivity contribution < 1.29 is 4.92 Å². The van der Waals surface area contributed by atoms with Crippen LogP contribution in [0.3, 0.4) is 0 Å². The summed E-state index contributed by atoms with van der Waals surface area (Å²) in [5.74, 6) is 0.830. The normalized spacial score (nSPS) is 9.89. The van der Waals surface area contributed by atoms with Crippen molar-refractivity contribution in [3.05, 3.63) is 52.1 Å². The molecule has 2 aromatic rings. The molecule has 0 atom stereocenters. The third kappa shape index (κ3) is 2.69. The number of nitro groups is 1. The Hall–Kier alpha value is -2.88. The predicted molar refractivity (Wildman–Crippen MR) is 68.3 cm³/mol. The molecule has 1 aromatic heterocycles. The molecule has 0 spiro atoms. The molecule has 1 heterocycles. The molecule has 0 saturated carbocycles. The molecular formula is C12H11N5O2. The van der Waals surface area contributed by atoms with Crippen LogP contribution in [0, 0.1) is 21.4 Å². The standard InChI is InChI=1S/C12H11N5O2/c1-16-5-4-14-12(16)8-15-10-2-3-11(17(18)19)9(6-10)7-13/h2-6,15H,8H2,1H3. The lowest BCUT2D eigenvalue weighted by molar-refractivity contribution is -0.385. The maximum absolute atomic E-state index is 10.7. The van der Waals surface area contributed by atoms with Crippen molar-refractivity contribution in [3.63, 3.8) is 0 Å². The minimum absolute atomic E-state index is 0.0369. The molecule has 0 radical (unpaired) electrons. The van der Waals surface area contributed by atoms with Crippen LogP contribution in [-0.4, -0.2) is 14.5 Å². The number of hydrogen-bond donors (Lipinski definition) is 1. The van der Waals surface area contributed by atoms with Crippen LogP contribution < -0.4 is 5.32 Å². The highest BCUT2D eigenvalue weighted by atomic mass is 16.6. The SMILES string of the molecule is Cn1ccnc1CNc1ccc([N+](=O)[O-])c(C#N)c1. The van der Waals surface area contributed by atoms with E-state index < -0.39 is 4.92 Å². The van der Waals surface area contributed by atoms with Gasteiger partial charge in [0.2, 0.25) is 0 Å². The molecular weight excluding hydrogens is 246 g/mol. The Balaban J connectivity index is 2.16. The van der Waals surface area contributed by atoms with Gasteiger partial charge in [0.05, 0.1) is 11.5 Å². The number of benzene rings is 1. The van der Waals surface area contributed by atoms with Gasteiger partial charge in [-0.25, -0.2) is 4.98 Å². The van der Waals surface area contributed by atoms with Crippen LogP contribution in [0.4, 0.5) is 11.4 Å². The summed E-state index contributed by atoms with van der Waals surface area (Å²) in [4.78, 5) is 14.3. The number of nitrogens with zero attached hydrogens (tertiary/aromatic N) is 4. The van der Waals surface area contributed by atoms with Gasteiger partial charge in [-0.2, -0.15) is 5.26 Å². The number of rotatable bonds is 4. The van der Waals surface area contributed by atoms with Crippen molar-refractivity contribution in [3.8, 4) is 6.07 Å². The van der Waals surface area contributed by atoms with E-state index in [1.165, 1.54) is 12.1 Å². The molecule has 96 valence electrons. The van der Waals surface area contributed by atoms with Crippen molar-refractivity contribution in [2.75, 3.05) is 5.32 Å². The van der Waals surface area contributed by atoms with Gasteiger partial charge in [-0.3, -0.25) is 10.1 Å². The zero-order valence-electron chi connectivity index (χ0n) is 10.2. The molecule has 19 heavy (non-hydrogen) atoms. The molecule has 7 heteroatoms. The zero-order valence-corrected chi connectivity index (χ0v) is 10.2. The van der Waals surface area contributed by atoms with Crippen LogP contribution in [0.5, 0.6) is 0 Å². The van der Waals surface area contributed by atoms with Gasteiger partial charge >= 0.3 is 0 Å².